The second-order valence-electron chi connectivity index (χ2n) is 5.52. The zero-order chi connectivity index (χ0) is 17.9. The van der Waals surface area contributed by atoms with Gasteiger partial charge in [-0.25, -0.2) is 0 Å². The lowest BCUT2D eigenvalue weighted by Gasteiger charge is -2.12. The maximum Gasteiger partial charge on any atom is 0.259 e. The van der Waals surface area contributed by atoms with Crippen LogP contribution in [-0.4, -0.2) is 32.8 Å². The monoisotopic (exact) mass is 343 g/mol. The third-order valence-electron chi connectivity index (χ3n) is 3.54. The predicted molar refractivity (Wildman–Crippen MR) is 98.6 cm³/mol. The summed E-state index contributed by atoms with van der Waals surface area (Å²) in [6.07, 6.45) is 2.00. The molecule has 5 heteroatoms. The smallest absolute Gasteiger partial charge is 0.259 e. The van der Waals surface area contributed by atoms with Crippen molar-refractivity contribution in [2.45, 2.75) is 19.8 Å². The van der Waals surface area contributed by atoms with Gasteiger partial charge in [0.05, 0.1) is 18.8 Å². The summed E-state index contributed by atoms with van der Waals surface area (Å²) >= 11 is 0. The van der Waals surface area contributed by atoms with Gasteiger partial charge in [-0.3, -0.25) is 4.79 Å². The minimum Gasteiger partial charge on any atom is -0.493 e. The van der Waals surface area contributed by atoms with Gasteiger partial charge in [0.2, 0.25) is 0 Å². The fourth-order valence-corrected chi connectivity index (χ4v) is 2.21. The number of nitrogens with one attached hydrogen (secondary N) is 1. The molecule has 2 aromatic carbocycles. The van der Waals surface area contributed by atoms with Crippen LogP contribution >= 0.6 is 0 Å². The van der Waals surface area contributed by atoms with Crippen molar-refractivity contribution in [3.05, 3.63) is 54.1 Å². The highest BCUT2D eigenvalue weighted by atomic mass is 16.5. The van der Waals surface area contributed by atoms with Crippen LogP contribution in [0.2, 0.25) is 0 Å². The van der Waals surface area contributed by atoms with Gasteiger partial charge in [-0.05, 0) is 30.7 Å². The summed E-state index contributed by atoms with van der Waals surface area (Å²) in [5.41, 5.74) is 1.19. The van der Waals surface area contributed by atoms with Crippen molar-refractivity contribution in [3.63, 3.8) is 0 Å². The van der Waals surface area contributed by atoms with Gasteiger partial charge < -0.3 is 19.5 Å². The summed E-state index contributed by atoms with van der Waals surface area (Å²) in [6.45, 7) is 3.67. The predicted octanol–water partition coefficient (Wildman–Crippen LogP) is 4.14. The van der Waals surface area contributed by atoms with Crippen molar-refractivity contribution < 1.29 is 19.0 Å². The highest BCUT2D eigenvalue weighted by molar-refractivity contribution is 6.06. The number of hydrogen-bond acceptors (Lipinski definition) is 4. The van der Waals surface area contributed by atoms with E-state index in [9.17, 15) is 4.79 Å². The maximum atomic E-state index is 12.6. The summed E-state index contributed by atoms with van der Waals surface area (Å²) in [5.74, 6) is 1.07. The number of para-hydroxylation sites is 1. The van der Waals surface area contributed by atoms with Gasteiger partial charge in [0.25, 0.3) is 5.91 Å². The molecule has 2 aromatic rings. The lowest BCUT2D eigenvalue weighted by atomic mass is 10.2. The molecule has 0 fully saturated rings. The van der Waals surface area contributed by atoms with Crippen molar-refractivity contribution in [2.24, 2.45) is 0 Å². The molecule has 0 unspecified atom stereocenters. The molecular formula is C20H25NO4. The Morgan fingerprint density at radius 3 is 2.64 bits per heavy atom. The molecule has 0 atom stereocenters. The van der Waals surface area contributed by atoms with Gasteiger partial charge in [-0.1, -0.05) is 31.5 Å². The zero-order valence-electron chi connectivity index (χ0n) is 14.8. The van der Waals surface area contributed by atoms with Crippen molar-refractivity contribution in [3.8, 4) is 11.5 Å². The summed E-state index contributed by atoms with van der Waals surface area (Å²) in [7, 11) is 1.63. The topological polar surface area (TPSA) is 56.8 Å². The third-order valence-corrected chi connectivity index (χ3v) is 3.54. The van der Waals surface area contributed by atoms with E-state index in [1.165, 1.54) is 0 Å². The number of carbonyl (C=O) groups is 1. The van der Waals surface area contributed by atoms with Crippen molar-refractivity contribution >= 4 is 11.6 Å². The number of benzene rings is 2. The molecule has 0 radical (unpaired) electrons. The van der Waals surface area contributed by atoms with Crippen LogP contribution in [0.1, 0.15) is 30.1 Å². The molecule has 2 rings (SSSR count). The quantitative estimate of drug-likeness (QED) is 0.659. The van der Waals surface area contributed by atoms with Gasteiger partial charge >= 0.3 is 0 Å². The molecule has 0 aliphatic carbocycles. The van der Waals surface area contributed by atoms with Crippen LogP contribution in [-0.2, 0) is 4.74 Å². The summed E-state index contributed by atoms with van der Waals surface area (Å²) in [5, 5.41) is 2.89. The second kappa shape index (κ2) is 10.4. The Morgan fingerprint density at radius 1 is 1.00 bits per heavy atom. The molecule has 0 saturated carbocycles. The van der Waals surface area contributed by atoms with Crippen LogP contribution in [0.4, 0.5) is 5.69 Å². The Morgan fingerprint density at radius 2 is 1.84 bits per heavy atom. The number of ether oxygens (including phenoxy) is 3. The van der Waals surface area contributed by atoms with Crippen LogP contribution in [0, 0.1) is 0 Å². The minimum atomic E-state index is -0.207. The normalized spacial score (nSPS) is 10.3. The number of methoxy groups -OCH3 is 1. The summed E-state index contributed by atoms with van der Waals surface area (Å²) in [4.78, 5) is 12.6. The highest BCUT2D eigenvalue weighted by Gasteiger charge is 2.12. The van der Waals surface area contributed by atoms with Gasteiger partial charge in [0.15, 0.2) is 0 Å². The SMILES string of the molecule is CCCCOc1ccccc1C(=O)Nc1cccc(OCCOC)c1. The van der Waals surface area contributed by atoms with E-state index in [4.69, 9.17) is 14.2 Å². The van der Waals surface area contributed by atoms with Crippen LogP contribution < -0.4 is 14.8 Å². The molecule has 0 aliphatic rings. The Hall–Kier alpha value is -2.53. The average Bonchev–Trinajstić information content (AvgIpc) is 2.63. The largest absolute Gasteiger partial charge is 0.493 e. The van der Waals surface area contributed by atoms with Crippen LogP contribution in [0.15, 0.2) is 48.5 Å². The molecule has 0 saturated heterocycles. The highest BCUT2D eigenvalue weighted by Crippen LogP contribution is 2.22. The molecule has 0 heterocycles. The molecule has 0 bridgehead atoms. The molecule has 0 aromatic heterocycles. The zero-order valence-corrected chi connectivity index (χ0v) is 14.8. The number of amides is 1. The lowest BCUT2D eigenvalue weighted by molar-refractivity contribution is 0.102. The van der Waals surface area contributed by atoms with Crippen LogP contribution in [0.25, 0.3) is 0 Å². The molecule has 134 valence electrons. The number of anilines is 1. The number of rotatable bonds is 10. The first-order chi connectivity index (χ1) is 12.2. The fraction of sp³-hybridized carbons (Fsp3) is 0.350. The Balaban J connectivity index is 2.03. The van der Waals surface area contributed by atoms with E-state index in [2.05, 4.69) is 12.2 Å². The molecule has 5 nitrogen and oxygen atoms in total. The Labute approximate surface area is 148 Å². The standard InChI is InChI=1S/C20H25NO4/c1-3-4-12-25-19-11-6-5-10-18(19)20(22)21-16-8-7-9-17(15-16)24-14-13-23-2/h5-11,15H,3-4,12-14H2,1-2H3,(H,21,22). The number of hydrogen-bond donors (Lipinski definition) is 1. The van der Waals surface area contributed by atoms with Gasteiger partial charge in [0, 0.05) is 18.9 Å². The van der Waals surface area contributed by atoms with E-state index in [-0.39, 0.29) is 5.91 Å². The molecule has 0 aliphatic heterocycles. The van der Waals surface area contributed by atoms with Crippen LogP contribution in [0.5, 0.6) is 11.5 Å². The molecule has 1 N–H and O–H groups in total. The number of unbranched alkanes of at least 4 members (excludes halogenated alkanes) is 1. The minimum absolute atomic E-state index is 0.207. The van der Waals surface area contributed by atoms with Crippen LogP contribution in [0.3, 0.4) is 0 Å². The van der Waals surface area contributed by atoms with E-state index in [1.54, 1.807) is 19.2 Å². The Bertz CT molecular complexity index is 672. The van der Waals surface area contributed by atoms with Crippen molar-refractivity contribution in [1.29, 1.82) is 0 Å². The first-order valence-electron chi connectivity index (χ1n) is 8.49. The molecule has 0 spiro atoms. The third kappa shape index (κ3) is 6.12. The lowest BCUT2D eigenvalue weighted by Crippen LogP contribution is -2.14. The number of carbonyl (C=O) groups excluding carboxylic acids is 1. The Kier molecular flexibility index (Phi) is 7.79. The fourth-order valence-electron chi connectivity index (χ4n) is 2.21. The van der Waals surface area contributed by atoms with Gasteiger partial charge in [-0.2, -0.15) is 0 Å². The average molecular weight is 343 g/mol. The molecular weight excluding hydrogens is 318 g/mol. The van der Waals surface area contributed by atoms with Gasteiger partial charge in [0.1, 0.15) is 18.1 Å². The second-order valence-corrected chi connectivity index (χ2v) is 5.52. The molecule has 1 amide bonds. The van der Waals surface area contributed by atoms with E-state index in [0.717, 1.165) is 12.8 Å². The van der Waals surface area contributed by atoms with E-state index < -0.39 is 0 Å². The molecule has 25 heavy (non-hydrogen) atoms. The summed E-state index contributed by atoms with van der Waals surface area (Å²) in [6, 6.07) is 14.5. The van der Waals surface area contributed by atoms with Crippen molar-refractivity contribution in [1.82, 2.24) is 0 Å². The summed E-state index contributed by atoms with van der Waals surface area (Å²) < 4.78 is 16.2. The maximum absolute atomic E-state index is 12.6. The van der Waals surface area contributed by atoms with Crippen molar-refractivity contribution in [2.75, 3.05) is 32.2 Å². The first kappa shape index (κ1) is 18.8. The van der Waals surface area contributed by atoms with Gasteiger partial charge in [-0.15, -0.1) is 0 Å². The first-order valence-corrected chi connectivity index (χ1v) is 8.49. The van der Waals surface area contributed by atoms with E-state index in [1.807, 2.05) is 36.4 Å². The van der Waals surface area contributed by atoms with E-state index in [0.29, 0.717) is 42.6 Å². The van der Waals surface area contributed by atoms with E-state index >= 15 is 0 Å².